The molecule has 2 rings (SSSR count). The van der Waals surface area contributed by atoms with Crippen molar-refractivity contribution in [2.45, 2.75) is 18.4 Å². The highest BCUT2D eigenvalue weighted by Gasteiger charge is 2.14. The quantitative estimate of drug-likeness (QED) is 0.911. The first-order valence-corrected chi connectivity index (χ1v) is 8.16. The van der Waals surface area contributed by atoms with Crippen LogP contribution < -0.4 is 4.72 Å². The highest BCUT2D eigenvalue weighted by atomic mass is 79.9. The van der Waals surface area contributed by atoms with E-state index in [1.807, 2.05) is 6.92 Å². The smallest absolute Gasteiger partial charge is 0.207 e. The molecule has 0 fully saturated rings. The first kappa shape index (κ1) is 15.2. The Kier molecular flexibility index (Phi) is 4.57. The average molecular weight is 358 g/mol. The third kappa shape index (κ3) is 3.65. The van der Waals surface area contributed by atoms with Gasteiger partial charge in [-0.1, -0.05) is 28.1 Å². The summed E-state index contributed by atoms with van der Waals surface area (Å²) < 4.78 is 40.4. The summed E-state index contributed by atoms with van der Waals surface area (Å²) in [4.78, 5) is 0.209. The molecule has 0 radical (unpaired) electrons. The summed E-state index contributed by atoms with van der Waals surface area (Å²) in [6.45, 7) is 1.95. The van der Waals surface area contributed by atoms with E-state index in [1.54, 1.807) is 24.3 Å². The van der Waals surface area contributed by atoms with Crippen LogP contribution in [0.1, 0.15) is 11.1 Å². The fourth-order valence-corrected chi connectivity index (χ4v) is 3.00. The van der Waals surface area contributed by atoms with Gasteiger partial charge in [0.2, 0.25) is 10.0 Å². The average Bonchev–Trinajstić information content (AvgIpc) is 2.41. The Morgan fingerprint density at radius 1 is 1.15 bits per heavy atom. The maximum absolute atomic E-state index is 12.8. The molecule has 0 amide bonds. The fraction of sp³-hybridized carbons (Fsp3) is 0.143. The lowest BCUT2D eigenvalue weighted by Crippen LogP contribution is -2.23. The number of hydrogen-bond donors (Lipinski definition) is 1. The van der Waals surface area contributed by atoms with Crippen LogP contribution in [-0.2, 0) is 16.6 Å². The van der Waals surface area contributed by atoms with E-state index in [0.717, 1.165) is 10.0 Å². The van der Waals surface area contributed by atoms with Crippen LogP contribution in [-0.4, -0.2) is 8.42 Å². The van der Waals surface area contributed by atoms with Gasteiger partial charge in [-0.25, -0.2) is 17.5 Å². The Labute approximate surface area is 126 Å². The van der Waals surface area contributed by atoms with E-state index in [0.29, 0.717) is 5.56 Å². The maximum Gasteiger partial charge on any atom is 0.240 e. The van der Waals surface area contributed by atoms with Gasteiger partial charge < -0.3 is 0 Å². The molecule has 3 nitrogen and oxygen atoms in total. The van der Waals surface area contributed by atoms with Crippen LogP contribution in [0, 0.1) is 12.7 Å². The summed E-state index contributed by atoms with van der Waals surface area (Å²) in [5.41, 5.74) is 1.54. The summed E-state index contributed by atoms with van der Waals surface area (Å²) in [7, 11) is -3.57. The number of hydrogen-bond acceptors (Lipinski definition) is 2. The molecule has 0 aliphatic heterocycles. The molecule has 1 N–H and O–H groups in total. The lowest BCUT2D eigenvalue weighted by atomic mass is 10.2. The minimum Gasteiger partial charge on any atom is -0.207 e. The maximum atomic E-state index is 12.8. The largest absolute Gasteiger partial charge is 0.240 e. The lowest BCUT2D eigenvalue weighted by Gasteiger charge is -2.08. The first-order chi connectivity index (χ1) is 9.38. The molecule has 0 spiro atoms. The van der Waals surface area contributed by atoms with Crippen molar-refractivity contribution < 1.29 is 12.8 Å². The van der Waals surface area contributed by atoms with Gasteiger partial charge in [0.25, 0.3) is 0 Å². The summed E-state index contributed by atoms with van der Waals surface area (Å²) in [5.74, 6) is -0.347. The Balaban J connectivity index is 2.14. The predicted molar refractivity (Wildman–Crippen MR) is 79.3 cm³/mol. The third-order valence-electron chi connectivity index (χ3n) is 2.82. The van der Waals surface area contributed by atoms with Crippen molar-refractivity contribution in [2.24, 2.45) is 0 Å². The van der Waals surface area contributed by atoms with Crippen molar-refractivity contribution in [3.05, 3.63) is 63.9 Å². The van der Waals surface area contributed by atoms with Gasteiger partial charge >= 0.3 is 0 Å². The van der Waals surface area contributed by atoms with Gasteiger partial charge in [-0.3, -0.25) is 0 Å². The second-order valence-corrected chi connectivity index (χ2v) is 6.98. The van der Waals surface area contributed by atoms with E-state index in [4.69, 9.17) is 0 Å². The molecule has 0 bridgehead atoms. The van der Waals surface area contributed by atoms with Gasteiger partial charge in [0.05, 0.1) is 4.90 Å². The van der Waals surface area contributed by atoms with E-state index >= 15 is 0 Å². The monoisotopic (exact) mass is 357 g/mol. The van der Waals surface area contributed by atoms with Crippen LogP contribution in [0.5, 0.6) is 0 Å². The van der Waals surface area contributed by atoms with E-state index in [2.05, 4.69) is 20.7 Å². The summed E-state index contributed by atoms with van der Waals surface area (Å²) in [5, 5.41) is 0. The van der Waals surface area contributed by atoms with Gasteiger partial charge in [-0.05, 0) is 48.4 Å². The molecule has 6 heteroatoms. The van der Waals surface area contributed by atoms with Crippen LogP contribution in [0.4, 0.5) is 4.39 Å². The predicted octanol–water partition coefficient (Wildman–Crippen LogP) is 3.38. The number of halogens is 2. The van der Waals surface area contributed by atoms with E-state index in [9.17, 15) is 12.8 Å². The van der Waals surface area contributed by atoms with Crippen LogP contribution in [0.25, 0.3) is 0 Å². The van der Waals surface area contributed by atoms with Crippen molar-refractivity contribution in [3.8, 4) is 0 Å². The molecule has 0 unspecified atom stereocenters. The zero-order valence-corrected chi connectivity index (χ0v) is 13.1. The highest BCUT2D eigenvalue weighted by Crippen LogP contribution is 2.20. The summed E-state index contributed by atoms with van der Waals surface area (Å²) >= 11 is 3.33. The standard InChI is InChI=1S/C14H13BrFNO2S/c1-10-8-13(6-7-14(10)15)20(18,19)17-9-11-2-4-12(16)5-3-11/h2-8,17H,9H2,1H3. The number of aryl methyl sites for hydroxylation is 1. The van der Waals surface area contributed by atoms with Gasteiger partial charge in [0, 0.05) is 11.0 Å². The molecular formula is C14H13BrFNO2S. The number of rotatable bonds is 4. The lowest BCUT2D eigenvalue weighted by molar-refractivity contribution is 0.581. The minimum absolute atomic E-state index is 0.123. The zero-order chi connectivity index (χ0) is 14.8. The number of sulfonamides is 1. The molecule has 0 atom stereocenters. The Morgan fingerprint density at radius 3 is 2.40 bits per heavy atom. The van der Waals surface area contributed by atoms with E-state index in [-0.39, 0.29) is 17.3 Å². The van der Waals surface area contributed by atoms with Crippen molar-refractivity contribution in [3.63, 3.8) is 0 Å². The van der Waals surface area contributed by atoms with Crippen molar-refractivity contribution in [2.75, 3.05) is 0 Å². The van der Waals surface area contributed by atoms with Crippen LogP contribution in [0.2, 0.25) is 0 Å². The zero-order valence-electron chi connectivity index (χ0n) is 10.7. The molecule has 0 aromatic heterocycles. The van der Waals surface area contributed by atoms with E-state index in [1.165, 1.54) is 18.2 Å². The third-order valence-corrected chi connectivity index (χ3v) is 5.11. The molecular weight excluding hydrogens is 345 g/mol. The molecule has 2 aromatic rings. The summed E-state index contributed by atoms with van der Waals surface area (Å²) in [6, 6.07) is 10.5. The number of nitrogens with one attached hydrogen (secondary N) is 1. The Hall–Kier alpha value is -1.24. The normalized spacial score (nSPS) is 11.6. The molecule has 0 heterocycles. The molecule has 0 aliphatic carbocycles. The van der Waals surface area contributed by atoms with Crippen molar-refractivity contribution in [1.29, 1.82) is 0 Å². The van der Waals surface area contributed by atoms with Gasteiger partial charge in [0.15, 0.2) is 0 Å². The minimum atomic E-state index is -3.57. The second-order valence-electron chi connectivity index (χ2n) is 4.36. The highest BCUT2D eigenvalue weighted by molar-refractivity contribution is 9.10. The molecule has 2 aromatic carbocycles. The molecule has 0 aliphatic rings. The van der Waals surface area contributed by atoms with Gasteiger partial charge in [-0.2, -0.15) is 0 Å². The van der Waals surface area contributed by atoms with Gasteiger partial charge in [-0.15, -0.1) is 0 Å². The van der Waals surface area contributed by atoms with Crippen LogP contribution >= 0.6 is 15.9 Å². The Morgan fingerprint density at radius 2 is 1.80 bits per heavy atom. The van der Waals surface area contributed by atoms with Crippen molar-refractivity contribution >= 4 is 26.0 Å². The van der Waals surface area contributed by atoms with Crippen molar-refractivity contribution in [1.82, 2.24) is 4.72 Å². The Bertz CT molecular complexity index is 714. The first-order valence-electron chi connectivity index (χ1n) is 5.89. The van der Waals surface area contributed by atoms with Crippen LogP contribution in [0.15, 0.2) is 51.8 Å². The summed E-state index contributed by atoms with van der Waals surface area (Å²) in [6.07, 6.45) is 0. The molecule has 106 valence electrons. The second kappa shape index (κ2) is 6.03. The van der Waals surface area contributed by atoms with Crippen LogP contribution in [0.3, 0.4) is 0 Å². The van der Waals surface area contributed by atoms with E-state index < -0.39 is 10.0 Å². The number of benzene rings is 2. The topological polar surface area (TPSA) is 46.2 Å². The molecule has 0 saturated carbocycles. The SMILES string of the molecule is Cc1cc(S(=O)(=O)NCc2ccc(F)cc2)ccc1Br. The molecule has 0 saturated heterocycles. The van der Waals surface area contributed by atoms with Gasteiger partial charge in [0.1, 0.15) is 5.82 Å². The molecule has 20 heavy (non-hydrogen) atoms. The fourth-order valence-electron chi connectivity index (χ4n) is 1.65.